The Bertz CT molecular complexity index is 4270. The number of thioether (sulfide) groups is 1. The molecule has 0 bridgehead atoms. The van der Waals surface area contributed by atoms with Crippen molar-refractivity contribution in [3.63, 3.8) is 0 Å². The van der Waals surface area contributed by atoms with Gasteiger partial charge in [-0.1, -0.05) is 17.7 Å². The van der Waals surface area contributed by atoms with E-state index in [9.17, 15) is 93.3 Å². The fraction of sp³-hybridized carbons (Fsp3) is 0.373. The van der Waals surface area contributed by atoms with Gasteiger partial charge in [-0.25, -0.2) is 19.5 Å². The number of aryl methyl sites for hydroxylation is 2. The van der Waals surface area contributed by atoms with Gasteiger partial charge in [0.2, 0.25) is 47.3 Å². The molecule has 1 unspecified atom stereocenters. The number of rotatable bonds is 37. The fourth-order valence-corrected chi connectivity index (χ4v) is 13.6. The van der Waals surface area contributed by atoms with E-state index >= 15 is 0 Å². The van der Waals surface area contributed by atoms with E-state index in [1.807, 2.05) is 0 Å². The van der Waals surface area contributed by atoms with Gasteiger partial charge >= 0.3 is 23.9 Å². The van der Waals surface area contributed by atoms with Crippen molar-refractivity contribution in [1.29, 1.82) is 5.41 Å². The van der Waals surface area contributed by atoms with E-state index in [2.05, 4.69) is 52.5 Å². The molecule has 1 spiro atoms. The molecular formula is C67H74N14O21S2. The lowest BCUT2D eigenvalue weighted by Gasteiger charge is -2.36. The van der Waals surface area contributed by atoms with Crippen molar-refractivity contribution in [3.05, 3.63) is 112 Å². The molecule has 37 heteroatoms. The molecule has 3 aliphatic rings. The maximum atomic E-state index is 13.8. The molecule has 550 valence electrons. The number of nitrogens with one attached hydrogen (secondary N) is 8. The smallest absolute Gasteiger partial charge is 0.340 e. The second kappa shape index (κ2) is 34.7. The molecule has 35 nitrogen and oxygen atoms in total. The summed E-state index contributed by atoms with van der Waals surface area (Å²) in [6.45, 7) is 0.245. The standard InChI is InChI=1S/C67H74N14O21S2/c68-65(69)71-22-7-9-44(74-61(96)46(29-58(92)93)72-53(86)11-3-5-23-80-31-34(78-79-80)8-6-12-55(88)77-66-76-47(32-104-66)39-17-14-36(82)25-49(39)85)60(95)75-45(28-57(90)91)59(94)70-21-4-1-2-10-54(87)73-48(63(98)99)33-103-52-30-56(89)81(62(52)97)35-13-18-41-40(24-35)64(100)102-67(41)42-19-15-37(83)26-50(42)101-51-27-38(84)16-20-43(51)67/h13-20,24-27,31-32,44-46,48,52,82-85H,1-12,21-23,28-30,33H2,(H,70,94)(H,72,86)(H,73,87)(H,74,96)(H,75,95)(H,90,91)(H,92,93)(H,98,99)(H4,68,69,71)(H,76,77,88)/t44-,45-,46-,48+,52?/m1/s1. The number of aromatic hydroxyl groups is 4. The Morgan fingerprint density at radius 3 is 1.93 bits per heavy atom. The number of nitrogens with two attached hydrogens (primary N) is 1. The molecule has 9 rings (SSSR count). The Kier molecular flexibility index (Phi) is 25.4. The molecule has 5 atom stereocenters. The highest BCUT2D eigenvalue weighted by atomic mass is 32.2. The molecule has 17 N–H and O–H groups in total. The van der Waals surface area contributed by atoms with E-state index in [-0.39, 0.29) is 135 Å². The first-order valence-corrected chi connectivity index (χ1v) is 34.7. The van der Waals surface area contributed by atoms with Crippen LogP contribution in [-0.4, -0.2) is 181 Å². The van der Waals surface area contributed by atoms with Crippen molar-refractivity contribution < 1.29 is 103 Å². The van der Waals surface area contributed by atoms with Crippen LogP contribution in [0.25, 0.3) is 11.3 Å². The molecule has 5 heterocycles. The number of carbonyl (C=O) groups is 12. The summed E-state index contributed by atoms with van der Waals surface area (Å²) in [7, 11) is 0. The first kappa shape index (κ1) is 76.3. The zero-order valence-corrected chi connectivity index (χ0v) is 57.0. The van der Waals surface area contributed by atoms with Crippen LogP contribution in [0.3, 0.4) is 0 Å². The van der Waals surface area contributed by atoms with Crippen LogP contribution in [0.4, 0.5) is 10.8 Å². The average Bonchev–Trinajstić information content (AvgIpc) is 1.49. The van der Waals surface area contributed by atoms with Crippen molar-refractivity contribution in [2.45, 2.75) is 138 Å². The third kappa shape index (κ3) is 19.6. The highest BCUT2D eigenvalue weighted by Crippen LogP contribution is 2.57. The largest absolute Gasteiger partial charge is 0.508 e. The summed E-state index contributed by atoms with van der Waals surface area (Å²) in [5.74, 6) is -12.4. The Labute approximate surface area is 599 Å². The molecule has 0 aliphatic carbocycles. The molecule has 8 amide bonds. The Hall–Kier alpha value is -11.9. The van der Waals surface area contributed by atoms with Gasteiger partial charge < -0.3 is 88.2 Å². The number of unbranched alkanes of at least 4 members (excludes halogenated alkanes) is 3. The minimum Gasteiger partial charge on any atom is -0.508 e. The molecule has 6 aromatic rings. The maximum absolute atomic E-state index is 13.8. The Morgan fingerprint density at radius 2 is 1.27 bits per heavy atom. The third-order valence-corrected chi connectivity index (χ3v) is 18.8. The number of aromatic nitrogens is 4. The van der Waals surface area contributed by atoms with Gasteiger partial charge in [0.1, 0.15) is 58.7 Å². The summed E-state index contributed by atoms with van der Waals surface area (Å²) in [4.78, 5) is 162. The van der Waals surface area contributed by atoms with Gasteiger partial charge in [0, 0.05) is 103 Å². The third-order valence-electron chi connectivity index (χ3n) is 16.7. The van der Waals surface area contributed by atoms with E-state index in [4.69, 9.17) is 20.6 Å². The number of carboxylic acids is 3. The molecule has 4 aromatic carbocycles. The highest BCUT2D eigenvalue weighted by molar-refractivity contribution is 8.00. The molecular weight excluding hydrogens is 1400 g/mol. The molecule has 1 fully saturated rings. The Morgan fingerprint density at radius 1 is 0.663 bits per heavy atom. The lowest BCUT2D eigenvalue weighted by atomic mass is 9.77. The molecule has 2 aromatic heterocycles. The van der Waals surface area contributed by atoms with Gasteiger partial charge in [0.15, 0.2) is 16.7 Å². The van der Waals surface area contributed by atoms with Crippen molar-refractivity contribution in [1.82, 2.24) is 51.9 Å². The van der Waals surface area contributed by atoms with Crippen LogP contribution in [0.2, 0.25) is 0 Å². The monoisotopic (exact) mass is 1470 g/mol. The minimum absolute atomic E-state index is 0.00704. The summed E-state index contributed by atoms with van der Waals surface area (Å²) in [5.41, 5.74) is 6.26. The van der Waals surface area contributed by atoms with Crippen molar-refractivity contribution in [2.24, 2.45) is 5.73 Å². The summed E-state index contributed by atoms with van der Waals surface area (Å²) in [6, 6.07) is 10.4. The second-order valence-corrected chi connectivity index (χ2v) is 26.5. The number of anilines is 2. The second-order valence-electron chi connectivity index (χ2n) is 24.4. The number of phenols is 4. The molecule has 104 heavy (non-hydrogen) atoms. The average molecular weight is 1480 g/mol. The van der Waals surface area contributed by atoms with E-state index < -0.39 is 119 Å². The highest BCUT2D eigenvalue weighted by Gasteiger charge is 2.54. The first-order chi connectivity index (χ1) is 49.6. The van der Waals surface area contributed by atoms with Gasteiger partial charge in [-0.2, -0.15) is 0 Å². The number of carbonyl (C=O) groups excluding carboxylic acids is 9. The topological polar surface area (TPSA) is 546 Å². The van der Waals surface area contributed by atoms with Crippen LogP contribution >= 0.6 is 23.1 Å². The lowest BCUT2D eigenvalue weighted by molar-refractivity contribution is -0.142. The number of ether oxygens (including phenoxy) is 2. The number of amides is 8. The van der Waals surface area contributed by atoms with Crippen molar-refractivity contribution >= 4 is 111 Å². The number of carboxylic acid groups (broad SMARTS) is 3. The zero-order valence-electron chi connectivity index (χ0n) is 55.4. The van der Waals surface area contributed by atoms with Crippen molar-refractivity contribution in [3.8, 4) is 45.8 Å². The number of esters is 1. The van der Waals surface area contributed by atoms with Gasteiger partial charge in [0.05, 0.1) is 40.7 Å². The molecule has 0 saturated carbocycles. The van der Waals surface area contributed by atoms with Gasteiger partial charge in [-0.05, 0) is 99.9 Å². The number of aliphatic carboxylic acids is 3. The predicted octanol–water partition coefficient (Wildman–Crippen LogP) is 2.90. The first-order valence-electron chi connectivity index (χ1n) is 32.8. The number of fused-ring (bicyclic) bond motifs is 6. The predicted molar refractivity (Wildman–Crippen MR) is 368 cm³/mol. The number of thiazole rings is 1. The van der Waals surface area contributed by atoms with E-state index in [1.165, 1.54) is 84.1 Å². The van der Waals surface area contributed by atoms with Crippen LogP contribution in [0, 0.1) is 5.41 Å². The minimum atomic E-state index is -1.72. The van der Waals surface area contributed by atoms with Gasteiger partial charge in [0.25, 0.3) is 0 Å². The van der Waals surface area contributed by atoms with Crippen LogP contribution in [-0.2, 0) is 76.0 Å². The summed E-state index contributed by atoms with van der Waals surface area (Å²) in [5, 5.41) is 104. The number of guanidine groups is 1. The lowest BCUT2D eigenvalue weighted by Crippen LogP contribution is -2.57. The van der Waals surface area contributed by atoms with E-state index in [0.29, 0.717) is 64.6 Å². The summed E-state index contributed by atoms with van der Waals surface area (Å²) in [6.07, 6.45) is 1.28. The number of nitrogens with zero attached hydrogens (tertiary/aromatic N) is 5. The van der Waals surface area contributed by atoms with Gasteiger partial charge in [-0.3, -0.25) is 58.0 Å². The maximum Gasteiger partial charge on any atom is 0.340 e. The number of hydrogen-bond donors (Lipinski definition) is 16. The summed E-state index contributed by atoms with van der Waals surface area (Å²) >= 11 is 2.00. The number of benzene rings is 4. The van der Waals surface area contributed by atoms with Crippen molar-refractivity contribution in [2.75, 3.05) is 29.1 Å². The SMILES string of the molecule is N=C(N)NCCC[C@@H](NC(=O)[C@@H](CC(=O)O)NC(=O)CCCCn1cc(CCCC(=O)Nc2nc(-c3ccc(O)cc3O)cs2)nn1)C(=O)N[C@H](CC(=O)O)C(=O)NCCCCCC(=O)N[C@@H](CSC1CC(=O)N(c2ccc3c(c2)C(=O)OC32c3ccc(O)cc3Oc3cc(O)ccc32)C1=O)C(=O)O. The fourth-order valence-electron chi connectivity index (χ4n) is 11.7. The Balaban J connectivity index is 0.692. The van der Waals surface area contributed by atoms with Crippen LogP contribution in [0.5, 0.6) is 34.5 Å². The molecule has 3 aliphatic heterocycles. The van der Waals surface area contributed by atoms with E-state index in [0.717, 1.165) is 16.7 Å². The number of phenolic OH excluding ortho intramolecular Hbond substituents is 4. The number of imide groups is 1. The number of hydrogen-bond acceptors (Lipinski definition) is 24. The normalized spacial score (nSPS) is 15.0. The van der Waals surface area contributed by atoms with E-state index in [1.54, 1.807) is 16.3 Å². The van der Waals surface area contributed by atoms with Gasteiger partial charge in [-0.15, -0.1) is 28.2 Å². The molecule has 1 saturated heterocycles. The quantitative estimate of drug-likeness (QED) is 0.00876. The van der Waals surface area contributed by atoms with Crippen LogP contribution < -0.4 is 52.6 Å². The molecule has 0 radical (unpaired) electrons. The van der Waals surface area contributed by atoms with Crippen LogP contribution in [0.1, 0.15) is 123 Å². The summed E-state index contributed by atoms with van der Waals surface area (Å²) < 4.78 is 13.6. The van der Waals surface area contributed by atoms with Crippen LogP contribution in [0.15, 0.2) is 84.4 Å². The zero-order chi connectivity index (χ0) is 74.9.